The highest BCUT2D eigenvalue weighted by Crippen LogP contribution is 2.32. The Balaban J connectivity index is 1.30. The molecule has 4 aromatic carbocycles. The van der Waals surface area contributed by atoms with Crippen LogP contribution in [0.25, 0.3) is 10.8 Å². The number of nitrogens with one attached hydrogen (secondary N) is 1. The molecule has 262 valence electrons. The smallest absolute Gasteiger partial charge is 0.410 e. The first-order chi connectivity index (χ1) is 24.5. The minimum atomic E-state index is -0.877. The third-order valence-electron chi connectivity index (χ3n) is 8.94. The molecule has 51 heavy (non-hydrogen) atoms. The van der Waals surface area contributed by atoms with E-state index >= 15 is 0 Å². The minimum absolute atomic E-state index is 0.111. The summed E-state index contributed by atoms with van der Waals surface area (Å²) in [7, 11) is 3.18. The number of carbonyl (C=O) groups is 4. The van der Waals surface area contributed by atoms with Crippen LogP contribution in [0, 0.1) is 12.3 Å². The standard InChI is InChI=1S/C38H36Cl2N6O5/c1-4-18-44(37(49)41-21-26-14-17-31(39)32(40)19-26)45-24-35(47)46-33(20-25-12-15-29(16-13-25)51-38(50)42(2)3)36(48)43(23-34(45)46)22-28-10-7-9-27-8-5-6-11-30(27)28/h1,5-17,19,33-34H,18,20-24H2,2-3H3,(H,41,49)/t33-,34+/m0/s1. The maximum absolute atomic E-state index is 14.4. The second-order valence-corrected chi connectivity index (χ2v) is 13.3. The summed E-state index contributed by atoms with van der Waals surface area (Å²) in [4.78, 5) is 58.6. The maximum Gasteiger partial charge on any atom is 0.414 e. The third kappa shape index (κ3) is 7.73. The number of urea groups is 1. The zero-order valence-corrected chi connectivity index (χ0v) is 29.6. The SMILES string of the molecule is C#CCN(C(=O)NCc1ccc(Cl)c(Cl)c1)N1CC(=O)N2[C@@H](Cc3ccc(OC(=O)N(C)C)cc3)C(=O)N(Cc3cccc4ccccc34)C[C@@H]21. The van der Waals surface area contributed by atoms with Crippen LogP contribution in [0.3, 0.4) is 0 Å². The van der Waals surface area contributed by atoms with Gasteiger partial charge in [0.15, 0.2) is 0 Å². The highest BCUT2D eigenvalue weighted by Gasteiger charge is 2.52. The summed E-state index contributed by atoms with van der Waals surface area (Å²) in [5.74, 6) is 2.37. The number of halogens is 2. The summed E-state index contributed by atoms with van der Waals surface area (Å²) in [5.41, 5.74) is 2.44. The number of hydrazine groups is 1. The van der Waals surface area contributed by atoms with Gasteiger partial charge in [0.1, 0.15) is 18.0 Å². The van der Waals surface area contributed by atoms with E-state index in [1.165, 1.54) is 9.91 Å². The number of carbonyl (C=O) groups excluding carboxylic acids is 4. The Hall–Kier alpha value is -5.28. The Morgan fingerprint density at radius 3 is 2.41 bits per heavy atom. The fourth-order valence-corrected chi connectivity index (χ4v) is 6.74. The van der Waals surface area contributed by atoms with Crippen molar-refractivity contribution in [3.05, 3.63) is 112 Å². The Morgan fingerprint density at radius 2 is 1.69 bits per heavy atom. The predicted molar refractivity (Wildman–Crippen MR) is 195 cm³/mol. The molecule has 11 nitrogen and oxygen atoms in total. The quantitative estimate of drug-likeness (QED) is 0.232. The first-order valence-electron chi connectivity index (χ1n) is 16.3. The highest BCUT2D eigenvalue weighted by molar-refractivity contribution is 6.42. The van der Waals surface area contributed by atoms with Crippen molar-refractivity contribution in [3.8, 4) is 18.1 Å². The number of nitrogens with zero attached hydrogens (tertiary/aromatic N) is 5. The molecule has 0 aliphatic carbocycles. The van der Waals surface area contributed by atoms with Gasteiger partial charge in [0.2, 0.25) is 11.8 Å². The van der Waals surface area contributed by atoms with Crippen LogP contribution in [0.15, 0.2) is 84.9 Å². The number of piperazine rings is 1. The van der Waals surface area contributed by atoms with Gasteiger partial charge in [-0.3, -0.25) is 9.59 Å². The monoisotopic (exact) mass is 726 g/mol. The fraction of sp³-hybridized carbons (Fsp3) is 0.263. The Kier molecular flexibility index (Phi) is 10.7. The van der Waals surface area contributed by atoms with Gasteiger partial charge in [-0.15, -0.1) is 6.42 Å². The summed E-state index contributed by atoms with van der Waals surface area (Å²) in [5, 5.41) is 8.68. The molecule has 0 unspecified atom stereocenters. The van der Waals surface area contributed by atoms with Crippen molar-refractivity contribution < 1.29 is 23.9 Å². The summed E-state index contributed by atoms with van der Waals surface area (Å²) < 4.78 is 5.36. The molecule has 6 rings (SSSR count). The molecule has 2 aliphatic heterocycles. The zero-order chi connectivity index (χ0) is 36.2. The van der Waals surface area contributed by atoms with Crippen molar-refractivity contribution in [2.75, 3.05) is 33.7 Å². The largest absolute Gasteiger partial charge is 0.414 e. The molecule has 0 spiro atoms. The van der Waals surface area contributed by atoms with Crippen molar-refractivity contribution in [3.63, 3.8) is 0 Å². The van der Waals surface area contributed by atoms with Crippen molar-refractivity contribution in [2.24, 2.45) is 0 Å². The van der Waals surface area contributed by atoms with Crippen LogP contribution < -0.4 is 10.1 Å². The zero-order valence-electron chi connectivity index (χ0n) is 28.1. The number of hydrogen-bond acceptors (Lipinski definition) is 6. The van der Waals surface area contributed by atoms with Crippen LogP contribution in [0.1, 0.15) is 16.7 Å². The number of benzene rings is 4. The molecule has 2 saturated heterocycles. The van der Waals surface area contributed by atoms with E-state index < -0.39 is 24.3 Å². The van der Waals surface area contributed by atoms with Crippen molar-refractivity contribution in [1.82, 2.24) is 30.0 Å². The summed E-state index contributed by atoms with van der Waals surface area (Å²) in [6.45, 7) is 0.310. The molecule has 5 amide bonds. The summed E-state index contributed by atoms with van der Waals surface area (Å²) >= 11 is 12.2. The molecule has 13 heteroatoms. The summed E-state index contributed by atoms with van der Waals surface area (Å²) in [6.07, 6.45) is 4.75. The molecule has 2 aliphatic rings. The lowest BCUT2D eigenvalue weighted by atomic mass is 9.99. The normalized spacial score (nSPS) is 17.2. The molecule has 2 atom stereocenters. The molecule has 2 fully saturated rings. The van der Waals surface area contributed by atoms with Gasteiger partial charge in [-0.25, -0.2) is 14.6 Å². The van der Waals surface area contributed by atoms with Crippen LogP contribution in [-0.4, -0.2) is 94.6 Å². The van der Waals surface area contributed by atoms with E-state index in [0.717, 1.165) is 27.5 Å². The molecule has 4 aromatic rings. The topological polar surface area (TPSA) is 106 Å². The minimum Gasteiger partial charge on any atom is -0.410 e. The van der Waals surface area contributed by atoms with Crippen LogP contribution >= 0.6 is 23.2 Å². The van der Waals surface area contributed by atoms with Gasteiger partial charge in [-0.2, -0.15) is 5.01 Å². The lowest BCUT2D eigenvalue weighted by Gasteiger charge is -2.46. The molecule has 0 radical (unpaired) electrons. The van der Waals surface area contributed by atoms with Gasteiger partial charge in [-0.05, 0) is 51.7 Å². The first-order valence-corrected chi connectivity index (χ1v) is 17.0. The van der Waals surface area contributed by atoms with Crippen LogP contribution in [0.5, 0.6) is 5.75 Å². The number of ether oxygens (including phenoxy) is 1. The first kappa shape index (κ1) is 35.5. The van der Waals surface area contributed by atoms with E-state index in [1.807, 2.05) is 42.5 Å². The predicted octanol–water partition coefficient (Wildman–Crippen LogP) is 5.39. The van der Waals surface area contributed by atoms with E-state index in [4.69, 9.17) is 34.4 Å². The molecule has 0 bridgehead atoms. The molecule has 0 aromatic heterocycles. The van der Waals surface area contributed by atoms with Crippen molar-refractivity contribution >= 4 is 57.9 Å². The van der Waals surface area contributed by atoms with Gasteiger partial charge >= 0.3 is 12.1 Å². The van der Waals surface area contributed by atoms with E-state index in [9.17, 15) is 19.2 Å². The number of rotatable bonds is 9. The number of hydrogen-bond donors (Lipinski definition) is 1. The van der Waals surface area contributed by atoms with Gasteiger partial charge in [-0.1, -0.05) is 89.8 Å². The lowest BCUT2D eigenvalue weighted by Crippen LogP contribution is -2.66. The van der Waals surface area contributed by atoms with Gasteiger partial charge in [0.25, 0.3) is 0 Å². The van der Waals surface area contributed by atoms with Crippen LogP contribution in [-0.2, 0) is 29.1 Å². The highest BCUT2D eigenvalue weighted by atomic mass is 35.5. The number of amides is 5. The van der Waals surface area contributed by atoms with E-state index in [0.29, 0.717) is 22.3 Å². The van der Waals surface area contributed by atoms with Crippen molar-refractivity contribution in [1.29, 1.82) is 0 Å². The van der Waals surface area contributed by atoms with Gasteiger partial charge < -0.3 is 24.8 Å². The average Bonchev–Trinajstić information content (AvgIpc) is 3.44. The number of fused-ring (bicyclic) bond motifs is 2. The van der Waals surface area contributed by atoms with Crippen LogP contribution in [0.4, 0.5) is 9.59 Å². The molecular weight excluding hydrogens is 691 g/mol. The molecule has 0 saturated carbocycles. The second kappa shape index (κ2) is 15.3. The fourth-order valence-electron chi connectivity index (χ4n) is 6.42. The Bertz CT molecular complexity index is 2010. The van der Waals surface area contributed by atoms with E-state index in [1.54, 1.807) is 71.4 Å². The van der Waals surface area contributed by atoms with Crippen molar-refractivity contribution in [2.45, 2.75) is 31.7 Å². The van der Waals surface area contributed by atoms with E-state index in [-0.39, 0.29) is 44.4 Å². The van der Waals surface area contributed by atoms with Gasteiger partial charge in [0.05, 0.1) is 29.7 Å². The molecule has 1 N–H and O–H groups in total. The lowest BCUT2D eigenvalue weighted by molar-refractivity contribution is -0.157. The Morgan fingerprint density at radius 1 is 0.961 bits per heavy atom. The molecular formula is C38H36Cl2N6O5. The average molecular weight is 728 g/mol. The maximum atomic E-state index is 14.4. The summed E-state index contributed by atoms with van der Waals surface area (Å²) in [6, 6.07) is 24.5. The Labute approximate surface area is 306 Å². The van der Waals surface area contributed by atoms with E-state index in [2.05, 4.69) is 11.2 Å². The third-order valence-corrected chi connectivity index (χ3v) is 9.68. The van der Waals surface area contributed by atoms with Gasteiger partial charge in [0, 0.05) is 33.6 Å². The second-order valence-electron chi connectivity index (χ2n) is 12.5. The molecule has 2 heterocycles. The van der Waals surface area contributed by atoms with Crippen LogP contribution in [0.2, 0.25) is 10.0 Å². The number of terminal acetylenes is 1.